The van der Waals surface area contributed by atoms with Gasteiger partial charge in [0.2, 0.25) is 0 Å². The first-order valence-corrected chi connectivity index (χ1v) is 6.01. The van der Waals surface area contributed by atoms with E-state index in [9.17, 15) is 9.90 Å². The Morgan fingerprint density at radius 1 is 1.29 bits per heavy atom. The molecule has 3 nitrogen and oxygen atoms in total. The number of aryl methyl sites for hydroxylation is 1. The molecule has 0 bridgehead atoms. The number of aromatic nitrogens is 1. The zero-order valence-corrected chi connectivity index (χ0v) is 10.9. The van der Waals surface area contributed by atoms with Crippen LogP contribution in [0.15, 0.2) is 45.7 Å². The summed E-state index contributed by atoms with van der Waals surface area (Å²) < 4.78 is 1.83. The first-order valence-electron chi connectivity index (χ1n) is 5.22. The average molecular weight is 294 g/mol. The molecule has 4 heteroatoms. The van der Waals surface area contributed by atoms with Gasteiger partial charge in [0.15, 0.2) is 0 Å². The van der Waals surface area contributed by atoms with Crippen LogP contribution in [0.25, 0.3) is 0 Å². The second kappa shape index (κ2) is 4.75. The number of hydrogen-bond acceptors (Lipinski definition) is 2. The highest BCUT2D eigenvalue weighted by molar-refractivity contribution is 9.10. The lowest BCUT2D eigenvalue weighted by Crippen LogP contribution is -2.23. The Balaban J connectivity index is 2.47. The molecule has 1 aromatic heterocycles. The number of halogens is 1. The Labute approximate surface area is 107 Å². The molecule has 0 aliphatic carbocycles. The lowest BCUT2D eigenvalue weighted by Gasteiger charge is -2.11. The second-order valence-electron chi connectivity index (χ2n) is 3.86. The number of aromatic hydroxyl groups is 1. The van der Waals surface area contributed by atoms with Crippen LogP contribution in [0, 0.1) is 6.92 Å². The summed E-state index contributed by atoms with van der Waals surface area (Å²) in [6.07, 6.45) is 0. The molecule has 88 valence electrons. The highest BCUT2D eigenvalue weighted by Gasteiger charge is 2.09. The van der Waals surface area contributed by atoms with Gasteiger partial charge in [-0.2, -0.15) is 0 Å². The highest BCUT2D eigenvalue weighted by Crippen LogP contribution is 2.20. The van der Waals surface area contributed by atoms with Crippen molar-refractivity contribution in [2.45, 2.75) is 13.5 Å². The van der Waals surface area contributed by atoms with Gasteiger partial charge in [0.1, 0.15) is 10.2 Å². The van der Waals surface area contributed by atoms with Crippen LogP contribution >= 0.6 is 15.9 Å². The number of pyridine rings is 1. The molecule has 2 aromatic rings. The summed E-state index contributed by atoms with van der Waals surface area (Å²) in [4.78, 5) is 12.0. The largest absolute Gasteiger partial charge is 0.506 e. The van der Waals surface area contributed by atoms with Crippen molar-refractivity contribution in [3.63, 3.8) is 0 Å². The molecular formula is C13H12BrNO2. The van der Waals surface area contributed by atoms with Gasteiger partial charge in [0.25, 0.3) is 5.56 Å². The SMILES string of the molecule is Cc1cc(O)c(Br)c(=O)n1Cc1ccccc1. The maximum atomic E-state index is 12.0. The fourth-order valence-corrected chi connectivity index (χ4v) is 2.02. The lowest BCUT2D eigenvalue weighted by molar-refractivity contribution is 0.466. The summed E-state index contributed by atoms with van der Waals surface area (Å²) in [5, 5.41) is 9.51. The zero-order chi connectivity index (χ0) is 12.4. The van der Waals surface area contributed by atoms with Crippen molar-refractivity contribution in [3.8, 4) is 5.75 Å². The molecule has 0 amide bonds. The molecule has 0 aliphatic rings. The molecular weight excluding hydrogens is 282 g/mol. The Morgan fingerprint density at radius 2 is 1.94 bits per heavy atom. The Bertz CT molecular complexity index is 590. The lowest BCUT2D eigenvalue weighted by atomic mass is 10.2. The van der Waals surface area contributed by atoms with Gasteiger partial charge >= 0.3 is 0 Å². The van der Waals surface area contributed by atoms with E-state index in [1.165, 1.54) is 0 Å². The van der Waals surface area contributed by atoms with Crippen LogP contribution in [-0.2, 0) is 6.54 Å². The zero-order valence-electron chi connectivity index (χ0n) is 9.35. The summed E-state index contributed by atoms with van der Waals surface area (Å²) in [6.45, 7) is 2.31. The van der Waals surface area contributed by atoms with Crippen LogP contribution < -0.4 is 5.56 Å². The van der Waals surface area contributed by atoms with Crippen molar-refractivity contribution in [2.75, 3.05) is 0 Å². The fourth-order valence-electron chi connectivity index (χ4n) is 1.69. The van der Waals surface area contributed by atoms with Gasteiger partial charge in [0.05, 0.1) is 6.54 Å². The van der Waals surface area contributed by atoms with E-state index >= 15 is 0 Å². The Morgan fingerprint density at radius 3 is 2.59 bits per heavy atom. The fraction of sp³-hybridized carbons (Fsp3) is 0.154. The van der Waals surface area contributed by atoms with E-state index in [1.54, 1.807) is 17.6 Å². The molecule has 0 aliphatic heterocycles. The minimum Gasteiger partial charge on any atom is -0.506 e. The van der Waals surface area contributed by atoms with E-state index in [0.717, 1.165) is 11.3 Å². The normalized spacial score (nSPS) is 10.5. The molecule has 1 aromatic carbocycles. The van der Waals surface area contributed by atoms with Crippen LogP contribution in [0.3, 0.4) is 0 Å². The topological polar surface area (TPSA) is 42.2 Å². The predicted molar refractivity (Wildman–Crippen MR) is 70.3 cm³/mol. The summed E-state index contributed by atoms with van der Waals surface area (Å²) in [7, 11) is 0. The van der Waals surface area contributed by atoms with E-state index < -0.39 is 0 Å². The van der Waals surface area contributed by atoms with E-state index in [0.29, 0.717) is 6.54 Å². The predicted octanol–water partition coefficient (Wildman–Crippen LogP) is 2.67. The quantitative estimate of drug-likeness (QED) is 0.925. The third-order valence-corrected chi connectivity index (χ3v) is 3.36. The van der Waals surface area contributed by atoms with Crippen LogP contribution in [-0.4, -0.2) is 9.67 Å². The van der Waals surface area contributed by atoms with Gasteiger partial charge in [0, 0.05) is 11.8 Å². The highest BCUT2D eigenvalue weighted by atomic mass is 79.9. The Hall–Kier alpha value is -1.55. The van der Waals surface area contributed by atoms with Crippen molar-refractivity contribution >= 4 is 15.9 Å². The van der Waals surface area contributed by atoms with E-state index in [4.69, 9.17) is 0 Å². The Kier molecular flexibility index (Phi) is 3.33. The molecule has 0 spiro atoms. The first kappa shape index (κ1) is 11.9. The van der Waals surface area contributed by atoms with Crippen molar-refractivity contribution in [1.29, 1.82) is 0 Å². The van der Waals surface area contributed by atoms with Gasteiger partial charge in [-0.25, -0.2) is 0 Å². The maximum absolute atomic E-state index is 12.0. The summed E-state index contributed by atoms with van der Waals surface area (Å²) in [5.74, 6) is -0.0168. The number of hydrogen-bond donors (Lipinski definition) is 1. The van der Waals surface area contributed by atoms with Crippen LogP contribution in [0.1, 0.15) is 11.3 Å². The van der Waals surface area contributed by atoms with Gasteiger partial charge in [-0.1, -0.05) is 30.3 Å². The van der Waals surface area contributed by atoms with E-state index in [1.807, 2.05) is 30.3 Å². The first-order chi connectivity index (χ1) is 8.09. The van der Waals surface area contributed by atoms with Gasteiger partial charge in [-0.15, -0.1) is 0 Å². The summed E-state index contributed by atoms with van der Waals surface area (Å²) in [5.41, 5.74) is 1.57. The molecule has 0 saturated heterocycles. The standard InChI is InChI=1S/C13H12BrNO2/c1-9-7-11(16)12(14)13(17)15(9)8-10-5-3-2-4-6-10/h2-7,16H,8H2,1H3. The van der Waals surface area contributed by atoms with Gasteiger partial charge in [-0.05, 0) is 28.4 Å². The molecule has 0 atom stereocenters. The molecule has 0 saturated carbocycles. The molecule has 2 rings (SSSR count). The molecule has 0 fully saturated rings. The van der Waals surface area contributed by atoms with Crippen LogP contribution in [0.5, 0.6) is 5.75 Å². The second-order valence-corrected chi connectivity index (χ2v) is 4.65. The third-order valence-electron chi connectivity index (χ3n) is 2.61. The third kappa shape index (κ3) is 2.42. The van der Waals surface area contributed by atoms with Crippen LogP contribution in [0.4, 0.5) is 0 Å². The van der Waals surface area contributed by atoms with Gasteiger partial charge < -0.3 is 9.67 Å². The number of benzene rings is 1. The summed E-state index contributed by atoms with van der Waals surface area (Å²) in [6, 6.07) is 11.3. The monoisotopic (exact) mass is 293 g/mol. The number of rotatable bonds is 2. The van der Waals surface area contributed by atoms with Crippen molar-refractivity contribution < 1.29 is 5.11 Å². The molecule has 0 unspecified atom stereocenters. The molecule has 1 heterocycles. The summed E-state index contributed by atoms with van der Waals surface area (Å²) >= 11 is 3.09. The van der Waals surface area contributed by atoms with Crippen molar-refractivity contribution in [2.24, 2.45) is 0 Å². The molecule has 1 N–H and O–H groups in total. The van der Waals surface area contributed by atoms with Crippen LogP contribution in [0.2, 0.25) is 0 Å². The van der Waals surface area contributed by atoms with E-state index in [2.05, 4.69) is 15.9 Å². The minimum atomic E-state index is -0.216. The average Bonchev–Trinajstić information content (AvgIpc) is 2.33. The minimum absolute atomic E-state index is 0.0168. The maximum Gasteiger partial charge on any atom is 0.269 e. The van der Waals surface area contributed by atoms with Crippen molar-refractivity contribution in [1.82, 2.24) is 4.57 Å². The van der Waals surface area contributed by atoms with Crippen molar-refractivity contribution in [3.05, 3.63) is 62.5 Å². The number of nitrogens with zero attached hydrogens (tertiary/aromatic N) is 1. The smallest absolute Gasteiger partial charge is 0.269 e. The molecule has 0 radical (unpaired) electrons. The van der Waals surface area contributed by atoms with Gasteiger partial charge in [-0.3, -0.25) is 4.79 Å². The van der Waals surface area contributed by atoms with E-state index in [-0.39, 0.29) is 15.8 Å². The molecule has 17 heavy (non-hydrogen) atoms.